The van der Waals surface area contributed by atoms with Crippen LogP contribution in [0.5, 0.6) is 0 Å². The van der Waals surface area contributed by atoms with Gasteiger partial charge in [0, 0.05) is 61.5 Å². The predicted molar refractivity (Wildman–Crippen MR) is 123 cm³/mol. The summed E-state index contributed by atoms with van der Waals surface area (Å²) in [7, 11) is -1.88. The highest BCUT2D eigenvalue weighted by atomic mass is 32.2. The van der Waals surface area contributed by atoms with Gasteiger partial charge in [-0.25, -0.2) is 8.42 Å². The van der Waals surface area contributed by atoms with Crippen LogP contribution in [0.2, 0.25) is 0 Å². The Bertz CT molecular complexity index is 1380. The molecule has 8 nitrogen and oxygen atoms in total. The largest absolute Gasteiger partial charge is 0.335 e. The maximum Gasteiger partial charge on any atom is 0.255 e. The molecule has 2 aliphatic heterocycles. The van der Waals surface area contributed by atoms with Crippen LogP contribution in [-0.4, -0.2) is 66.0 Å². The van der Waals surface area contributed by atoms with Crippen LogP contribution in [0, 0.1) is 0 Å². The van der Waals surface area contributed by atoms with Crippen molar-refractivity contribution in [2.45, 2.75) is 4.90 Å². The fourth-order valence-electron chi connectivity index (χ4n) is 4.23. The van der Waals surface area contributed by atoms with Crippen molar-refractivity contribution in [3.05, 3.63) is 77.5 Å². The van der Waals surface area contributed by atoms with E-state index in [0.29, 0.717) is 37.3 Å². The van der Waals surface area contributed by atoms with Crippen molar-refractivity contribution < 1.29 is 18.0 Å². The molecule has 5 rings (SSSR count). The van der Waals surface area contributed by atoms with E-state index in [4.69, 9.17) is 0 Å². The van der Waals surface area contributed by atoms with Gasteiger partial charge in [0.2, 0.25) is 9.84 Å². The van der Waals surface area contributed by atoms with Crippen LogP contribution < -0.4 is 0 Å². The Kier molecular flexibility index (Phi) is 5.13. The maximum atomic E-state index is 13.3. The van der Waals surface area contributed by atoms with Crippen molar-refractivity contribution in [3.63, 3.8) is 0 Å². The number of nitrogens with zero attached hydrogens (tertiary/aromatic N) is 4. The van der Waals surface area contributed by atoms with E-state index in [-0.39, 0.29) is 22.3 Å². The summed E-state index contributed by atoms with van der Waals surface area (Å²) in [5, 5.41) is 5.23. The number of aryl methyl sites for hydroxylation is 1. The van der Waals surface area contributed by atoms with Crippen molar-refractivity contribution in [3.8, 4) is 11.1 Å². The van der Waals surface area contributed by atoms with Crippen LogP contribution in [0.1, 0.15) is 15.9 Å². The van der Waals surface area contributed by atoms with Crippen LogP contribution in [0.15, 0.2) is 71.2 Å². The topological polar surface area (TPSA) is 92.6 Å². The second-order valence-corrected chi connectivity index (χ2v) is 9.91. The number of hydrogen-bond acceptors (Lipinski definition) is 5. The van der Waals surface area contributed by atoms with Crippen LogP contribution in [0.3, 0.4) is 0 Å². The lowest BCUT2D eigenvalue weighted by atomic mass is 10.0. The molecule has 2 aromatic carbocycles. The molecule has 1 fully saturated rings. The number of fused-ring (bicyclic) bond motifs is 1. The molecule has 0 N–H and O–H groups in total. The van der Waals surface area contributed by atoms with Gasteiger partial charge in [-0.3, -0.25) is 14.3 Å². The molecular formula is C24H22N4O4S. The summed E-state index contributed by atoms with van der Waals surface area (Å²) in [6, 6.07) is 14.0. The molecule has 168 valence electrons. The van der Waals surface area contributed by atoms with E-state index in [1.165, 1.54) is 0 Å². The second kappa shape index (κ2) is 8.00. The summed E-state index contributed by atoms with van der Waals surface area (Å²) in [4.78, 5) is 29.5. The summed E-state index contributed by atoms with van der Waals surface area (Å²) in [6.45, 7) is 1.46. The van der Waals surface area contributed by atoms with E-state index < -0.39 is 9.84 Å². The molecule has 33 heavy (non-hydrogen) atoms. The maximum absolute atomic E-state index is 13.3. The molecule has 2 aliphatic rings. The quantitative estimate of drug-likeness (QED) is 0.595. The molecule has 1 aromatic heterocycles. The lowest BCUT2D eigenvalue weighted by Crippen LogP contribution is -2.50. The highest BCUT2D eigenvalue weighted by Crippen LogP contribution is 2.37. The first-order valence-electron chi connectivity index (χ1n) is 10.6. The fraction of sp³-hybridized carbons (Fsp3) is 0.208. The number of amides is 2. The highest BCUT2D eigenvalue weighted by molar-refractivity contribution is 7.95. The lowest BCUT2D eigenvalue weighted by Gasteiger charge is -2.35. The van der Waals surface area contributed by atoms with Crippen molar-refractivity contribution in [2.75, 3.05) is 26.2 Å². The number of sulfone groups is 1. The number of rotatable bonds is 3. The van der Waals surface area contributed by atoms with E-state index in [1.807, 2.05) is 24.4 Å². The Morgan fingerprint density at radius 2 is 1.55 bits per heavy atom. The van der Waals surface area contributed by atoms with E-state index in [0.717, 1.165) is 16.5 Å². The average molecular weight is 463 g/mol. The van der Waals surface area contributed by atoms with Gasteiger partial charge in [-0.05, 0) is 29.8 Å². The Balaban J connectivity index is 1.36. The molecule has 0 saturated carbocycles. The zero-order valence-corrected chi connectivity index (χ0v) is 18.8. The molecule has 0 aliphatic carbocycles. The molecule has 3 heterocycles. The van der Waals surface area contributed by atoms with Gasteiger partial charge in [-0.1, -0.05) is 24.3 Å². The number of hydrogen-bond donors (Lipinski definition) is 0. The third kappa shape index (κ3) is 3.84. The van der Waals surface area contributed by atoms with Gasteiger partial charge < -0.3 is 9.80 Å². The third-order valence-electron chi connectivity index (χ3n) is 5.99. The van der Waals surface area contributed by atoms with E-state index in [1.54, 1.807) is 58.1 Å². The standard InChI is InChI=1S/C24H22N4O4S/c1-26-15-19(14-25-26)18-7-8-22-20(13-18)21(16-33(22,31)32)24(30)28-11-9-27(10-12-28)23(29)17-5-3-2-4-6-17/h2-8,13-16H,9-12H2,1H3. The number of aromatic nitrogens is 2. The summed E-state index contributed by atoms with van der Waals surface area (Å²) >= 11 is 0. The monoisotopic (exact) mass is 462 g/mol. The molecule has 0 atom stereocenters. The average Bonchev–Trinajstić information content (AvgIpc) is 3.39. The highest BCUT2D eigenvalue weighted by Gasteiger charge is 2.34. The Hall–Kier alpha value is -3.72. The summed E-state index contributed by atoms with van der Waals surface area (Å²) < 4.78 is 27.0. The van der Waals surface area contributed by atoms with Gasteiger partial charge in [0.05, 0.1) is 16.7 Å². The van der Waals surface area contributed by atoms with Crippen molar-refractivity contribution in [1.29, 1.82) is 0 Å². The Labute approximate surface area is 191 Å². The van der Waals surface area contributed by atoms with E-state index >= 15 is 0 Å². The first-order chi connectivity index (χ1) is 15.8. The van der Waals surface area contributed by atoms with E-state index in [9.17, 15) is 18.0 Å². The van der Waals surface area contributed by atoms with Crippen molar-refractivity contribution in [2.24, 2.45) is 7.05 Å². The first kappa shape index (κ1) is 21.1. The summed E-state index contributed by atoms with van der Waals surface area (Å²) in [5.41, 5.74) is 2.81. The number of carbonyl (C=O) groups is 2. The van der Waals surface area contributed by atoms with Gasteiger partial charge in [0.25, 0.3) is 11.8 Å². The Morgan fingerprint density at radius 1 is 0.879 bits per heavy atom. The van der Waals surface area contributed by atoms with E-state index in [2.05, 4.69) is 5.10 Å². The molecular weight excluding hydrogens is 440 g/mol. The van der Waals surface area contributed by atoms with Gasteiger partial charge in [-0.2, -0.15) is 5.10 Å². The molecule has 9 heteroatoms. The molecule has 0 radical (unpaired) electrons. The smallest absolute Gasteiger partial charge is 0.255 e. The minimum absolute atomic E-state index is 0.0724. The molecule has 2 amide bonds. The van der Waals surface area contributed by atoms with Crippen molar-refractivity contribution in [1.82, 2.24) is 19.6 Å². The van der Waals surface area contributed by atoms with Gasteiger partial charge in [0.15, 0.2) is 0 Å². The molecule has 0 spiro atoms. The second-order valence-electron chi connectivity index (χ2n) is 8.14. The van der Waals surface area contributed by atoms with Crippen molar-refractivity contribution >= 4 is 27.2 Å². The zero-order chi connectivity index (χ0) is 23.2. The molecule has 0 unspecified atom stereocenters. The molecule has 1 saturated heterocycles. The predicted octanol–water partition coefficient (Wildman–Crippen LogP) is 2.20. The molecule has 0 bridgehead atoms. The SMILES string of the molecule is Cn1cc(-c2ccc3c(c2)C(C(=O)N2CCN(C(=O)c4ccccc4)CC2)=CS3(=O)=O)cn1. The summed E-state index contributed by atoms with van der Waals surface area (Å²) in [6.07, 6.45) is 3.53. The fourth-order valence-corrected chi connectivity index (χ4v) is 5.63. The van der Waals surface area contributed by atoms with Gasteiger partial charge >= 0.3 is 0 Å². The normalized spacial score (nSPS) is 16.9. The minimum Gasteiger partial charge on any atom is -0.335 e. The van der Waals surface area contributed by atoms with Crippen LogP contribution >= 0.6 is 0 Å². The first-order valence-corrected chi connectivity index (χ1v) is 12.1. The number of benzene rings is 2. The van der Waals surface area contributed by atoms with Crippen LogP contribution in [0.4, 0.5) is 0 Å². The number of carbonyl (C=O) groups excluding carboxylic acids is 2. The molecule has 3 aromatic rings. The Morgan fingerprint density at radius 3 is 2.18 bits per heavy atom. The third-order valence-corrected chi connectivity index (χ3v) is 7.51. The van der Waals surface area contributed by atoms with Gasteiger partial charge in [0.1, 0.15) is 0 Å². The van der Waals surface area contributed by atoms with Gasteiger partial charge in [-0.15, -0.1) is 0 Å². The zero-order valence-electron chi connectivity index (χ0n) is 18.0. The lowest BCUT2D eigenvalue weighted by molar-refractivity contribution is -0.126. The summed E-state index contributed by atoms with van der Waals surface area (Å²) in [5.74, 6) is -0.413. The number of piperazine rings is 1. The van der Waals surface area contributed by atoms with Crippen LogP contribution in [-0.2, 0) is 21.7 Å². The minimum atomic E-state index is -3.69. The van der Waals surface area contributed by atoms with Crippen LogP contribution in [0.25, 0.3) is 16.7 Å².